The zero-order chi connectivity index (χ0) is 17.1. The van der Waals surface area contributed by atoms with Gasteiger partial charge in [0.25, 0.3) is 0 Å². The molecule has 0 aromatic carbocycles. The molecule has 0 aliphatic carbocycles. The van der Waals surface area contributed by atoms with Crippen molar-refractivity contribution in [3.8, 4) is 0 Å². The third-order valence-corrected chi connectivity index (χ3v) is 3.04. The lowest BCUT2D eigenvalue weighted by Crippen LogP contribution is -2.35. The fourth-order valence-corrected chi connectivity index (χ4v) is 1.68. The van der Waals surface area contributed by atoms with Gasteiger partial charge in [-0.25, -0.2) is 0 Å². The van der Waals surface area contributed by atoms with E-state index in [1.807, 2.05) is 6.92 Å². The lowest BCUT2D eigenvalue weighted by Gasteiger charge is -2.25. The summed E-state index contributed by atoms with van der Waals surface area (Å²) in [5.41, 5.74) is 0. The summed E-state index contributed by atoms with van der Waals surface area (Å²) in [6.45, 7) is 7.19. The van der Waals surface area contributed by atoms with Crippen molar-refractivity contribution in [1.29, 1.82) is 0 Å². The number of aliphatic hydroxyl groups excluding tert-OH is 4. The highest BCUT2D eigenvalue weighted by atomic mass is 16.5. The lowest BCUT2D eigenvalue weighted by molar-refractivity contribution is -0.101. The van der Waals surface area contributed by atoms with Crippen LogP contribution in [0.25, 0.3) is 0 Å². The Hall–Kier alpha value is -0.280. The maximum absolute atomic E-state index is 10.1. The van der Waals surface area contributed by atoms with Crippen LogP contribution in [0.2, 0.25) is 0 Å². The van der Waals surface area contributed by atoms with Gasteiger partial charge in [-0.15, -0.1) is 0 Å². The Balaban J connectivity index is 4.00. The number of rotatable bonds is 13. The summed E-state index contributed by atoms with van der Waals surface area (Å²) in [6.07, 6.45) is -2.90. The molecule has 0 rings (SSSR count). The van der Waals surface area contributed by atoms with E-state index in [4.69, 9.17) is 24.4 Å². The molecular formula is C15H32O7. The molecule has 134 valence electrons. The van der Waals surface area contributed by atoms with Crippen molar-refractivity contribution in [2.24, 2.45) is 0 Å². The van der Waals surface area contributed by atoms with Gasteiger partial charge in [0.1, 0.15) is 0 Å². The van der Waals surface area contributed by atoms with Crippen molar-refractivity contribution in [3.63, 3.8) is 0 Å². The second-order valence-corrected chi connectivity index (χ2v) is 5.82. The van der Waals surface area contributed by atoms with Crippen LogP contribution in [0, 0.1) is 0 Å². The van der Waals surface area contributed by atoms with Crippen LogP contribution in [-0.2, 0) is 14.2 Å². The van der Waals surface area contributed by atoms with Crippen molar-refractivity contribution >= 4 is 0 Å². The van der Waals surface area contributed by atoms with Crippen LogP contribution in [0.4, 0.5) is 0 Å². The number of hydrogen-bond donors (Lipinski definition) is 4. The summed E-state index contributed by atoms with van der Waals surface area (Å²) in [7, 11) is 0. The molecular weight excluding hydrogens is 292 g/mol. The quantitative estimate of drug-likeness (QED) is 0.368. The Morgan fingerprint density at radius 1 is 0.773 bits per heavy atom. The van der Waals surface area contributed by atoms with Gasteiger partial charge in [-0.2, -0.15) is 0 Å². The highest BCUT2D eigenvalue weighted by molar-refractivity contribution is 4.71. The number of ether oxygens (including phenoxy) is 3. The van der Waals surface area contributed by atoms with E-state index in [1.54, 1.807) is 20.8 Å². The van der Waals surface area contributed by atoms with Crippen LogP contribution >= 0.6 is 0 Å². The average molecular weight is 324 g/mol. The Morgan fingerprint density at radius 2 is 1.32 bits per heavy atom. The minimum absolute atomic E-state index is 0.109. The summed E-state index contributed by atoms with van der Waals surface area (Å²) in [4.78, 5) is 0. The van der Waals surface area contributed by atoms with Crippen molar-refractivity contribution in [2.45, 2.75) is 70.7 Å². The molecule has 6 atom stereocenters. The fourth-order valence-electron chi connectivity index (χ4n) is 1.68. The Morgan fingerprint density at radius 3 is 1.82 bits per heavy atom. The molecule has 0 aliphatic rings. The molecule has 0 bridgehead atoms. The van der Waals surface area contributed by atoms with Gasteiger partial charge in [0.05, 0.1) is 63.1 Å². The Kier molecular flexibility index (Phi) is 12.0. The van der Waals surface area contributed by atoms with Crippen molar-refractivity contribution in [1.82, 2.24) is 0 Å². The normalized spacial score (nSPS) is 20.2. The minimum atomic E-state index is -0.796. The van der Waals surface area contributed by atoms with Gasteiger partial charge in [0, 0.05) is 6.42 Å². The summed E-state index contributed by atoms with van der Waals surface area (Å²) in [5, 5.41) is 37.5. The van der Waals surface area contributed by atoms with E-state index in [9.17, 15) is 10.2 Å². The predicted octanol–water partition coefficient (Wildman–Crippen LogP) is -0.313. The number of aliphatic hydroxyl groups is 4. The van der Waals surface area contributed by atoms with E-state index in [0.29, 0.717) is 6.61 Å². The minimum Gasteiger partial charge on any atom is -0.394 e. The fraction of sp³-hybridized carbons (Fsp3) is 1.00. The second-order valence-electron chi connectivity index (χ2n) is 5.82. The van der Waals surface area contributed by atoms with Crippen molar-refractivity contribution < 1.29 is 34.6 Å². The zero-order valence-corrected chi connectivity index (χ0v) is 14.0. The molecule has 0 amide bonds. The first-order valence-electron chi connectivity index (χ1n) is 7.76. The third-order valence-electron chi connectivity index (χ3n) is 3.04. The second kappa shape index (κ2) is 12.2. The molecule has 0 aromatic heterocycles. The van der Waals surface area contributed by atoms with Crippen LogP contribution < -0.4 is 0 Å². The maximum Gasteiger partial charge on any atom is 0.0832 e. The van der Waals surface area contributed by atoms with Gasteiger partial charge < -0.3 is 34.6 Å². The van der Waals surface area contributed by atoms with Crippen LogP contribution in [0.1, 0.15) is 34.1 Å². The molecule has 0 heterocycles. The monoisotopic (exact) mass is 324 g/mol. The summed E-state index contributed by atoms with van der Waals surface area (Å²) in [5.74, 6) is 0. The van der Waals surface area contributed by atoms with Gasteiger partial charge in [0.15, 0.2) is 0 Å². The molecule has 7 nitrogen and oxygen atoms in total. The molecule has 6 unspecified atom stereocenters. The molecule has 7 heteroatoms. The molecule has 0 spiro atoms. The first-order chi connectivity index (χ1) is 10.3. The van der Waals surface area contributed by atoms with E-state index in [2.05, 4.69) is 0 Å². The van der Waals surface area contributed by atoms with E-state index in [-0.39, 0.29) is 32.3 Å². The van der Waals surface area contributed by atoms with E-state index in [0.717, 1.165) is 0 Å². The van der Waals surface area contributed by atoms with Gasteiger partial charge in [-0.3, -0.25) is 0 Å². The summed E-state index contributed by atoms with van der Waals surface area (Å²) in [6, 6.07) is 0. The van der Waals surface area contributed by atoms with Gasteiger partial charge in [-0.1, -0.05) is 0 Å². The van der Waals surface area contributed by atoms with E-state index < -0.39 is 30.5 Å². The van der Waals surface area contributed by atoms with Crippen LogP contribution in [-0.4, -0.2) is 83.5 Å². The molecule has 0 fully saturated rings. The molecule has 0 aliphatic heterocycles. The summed E-state index contributed by atoms with van der Waals surface area (Å²) < 4.78 is 16.2. The highest BCUT2D eigenvalue weighted by Gasteiger charge is 2.21. The standard InChI is InChI=1S/C15H32O7/c1-10(17)7-20-12(3)9-21-13(4)15(19)5-14(6-16)22-8-11(2)18/h10-19H,5-9H2,1-4H3. The first kappa shape index (κ1) is 21.7. The van der Waals surface area contributed by atoms with E-state index in [1.165, 1.54) is 0 Å². The molecule has 0 saturated carbocycles. The lowest BCUT2D eigenvalue weighted by atomic mass is 10.1. The topological polar surface area (TPSA) is 109 Å². The van der Waals surface area contributed by atoms with Crippen LogP contribution in [0.5, 0.6) is 0 Å². The van der Waals surface area contributed by atoms with Gasteiger partial charge >= 0.3 is 0 Å². The molecule has 0 radical (unpaired) electrons. The SMILES string of the molecule is CC(O)COC(C)COC(C)C(O)CC(CO)OCC(C)O. The van der Waals surface area contributed by atoms with Crippen LogP contribution in [0.15, 0.2) is 0 Å². The van der Waals surface area contributed by atoms with Crippen LogP contribution in [0.3, 0.4) is 0 Å². The van der Waals surface area contributed by atoms with Crippen molar-refractivity contribution in [3.05, 3.63) is 0 Å². The first-order valence-corrected chi connectivity index (χ1v) is 7.76. The zero-order valence-electron chi connectivity index (χ0n) is 14.0. The number of hydrogen-bond acceptors (Lipinski definition) is 7. The Labute approximate surface area is 132 Å². The smallest absolute Gasteiger partial charge is 0.0832 e. The van der Waals surface area contributed by atoms with Gasteiger partial charge in [-0.05, 0) is 27.7 Å². The Bertz CT molecular complexity index is 260. The molecule has 4 N–H and O–H groups in total. The largest absolute Gasteiger partial charge is 0.394 e. The van der Waals surface area contributed by atoms with E-state index >= 15 is 0 Å². The predicted molar refractivity (Wildman–Crippen MR) is 81.6 cm³/mol. The molecule has 0 aromatic rings. The molecule has 22 heavy (non-hydrogen) atoms. The average Bonchev–Trinajstić information content (AvgIpc) is 2.46. The highest BCUT2D eigenvalue weighted by Crippen LogP contribution is 2.10. The summed E-state index contributed by atoms with van der Waals surface area (Å²) >= 11 is 0. The van der Waals surface area contributed by atoms with Gasteiger partial charge in [0.2, 0.25) is 0 Å². The van der Waals surface area contributed by atoms with Crippen molar-refractivity contribution in [2.75, 3.05) is 26.4 Å². The third kappa shape index (κ3) is 11.3. The maximum atomic E-state index is 10.1. The molecule has 0 saturated heterocycles.